The standard InChI is InChI=1S/C11H12I3NO2S/c1-6(4-16)18-5-10(17)15-11-8(13)2-7(12)3-9(11)14/h2-3,6,16H,4-5H2,1H3,(H,15,17). The molecule has 0 spiro atoms. The summed E-state index contributed by atoms with van der Waals surface area (Å²) in [6.45, 7) is 1.99. The number of hydrogen-bond acceptors (Lipinski definition) is 3. The molecular weight excluding hydrogens is 591 g/mol. The first-order valence-corrected chi connectivity index (χ1v) is 9.39. The van der Waals surface area contributed by atoms with Crippen LogP contribution in [-0.4, -0.2) is 28.6 Å². The van der Waals surface area contributed by atoms with Gasteiger partial charge in [0, 0.05) is 16.0 Å². The Morgan fingerprint density at radius 1 is 1.39 bits per heavy atom. The molecule has 0 fully saturated rings. The molecule has 100 valence electrons. The number of amides is 1. The molecule has 2 N–H and O–H groups in total. The molecule has 1 rings (SSSR count). The third-order valence-corrected chi connectivity index (χ3v) is 5.50. The van der Waals surface area contributed by atoms with E-state index in [0.29, 0.717) is 5.75 Å². The zero-order valence-corrected chi connectivity index (χ0v) is 16.8. The van der Waals surface area contributed by atoms with Gasteiger partial charge < -0.3 is 10.4 Å². The number of benzene rings is 1. The summed E-state index contributed by atoms with van der Waals surface area (Å²) in [5.74, 6) is 0.331. The molecule has 0 saturated carbocycles. The van der Waals surface area contributed by atoms with Crippen LogP contribution in [0.15, 0.2) is 12.1 Å². The van der Waals surface area contributed by atoms with Gasteiger partial charge in [-0.2, -0.15) is 0 Å². The fourth-order valence-electron chi connectivity index (χ4n) is 1.11. The van der Waals surface area contributed by atoms with Gasteiger partial charge in [0.15, 0.2) is 0 Å². The highest BCUT2D eigenvalue weighted by Gasteiger charge is 2.11. The highest BCUT2D eigenvalue weighted by molar-refractivity contribution is 14.1. The second kappa shape index (κ2) is 8.47. The summed E-state index contributed by atoms with van der Waals surface area (Å²) in [6.07, 6.45) is 0. The number of aliphatic hydroxyl groups is 1. The Hall–Kier alpha value is 1.19. The van der Waals surface area contributed by atoms with Gasteiger partial charge in [-0.3, -0.25) is 4.79 Å². The monoisotopic (exact) mass is 603 g/mol. The third kappa shape index (κ3) is 5.67. The van der Waals surface area contributed by atoms with Crippen molar-refractivity contribution in [1.29, 1.82) is 0 Å². The number of thioether (sulfide) groups is 1. The molecule has 0 radical (unpaired) electrons. The van der Waals surface area contributed by atoms with Crippen LogP contribution in [0, 0.1) is 10.7 Å². The topological polar surface area (TPSA) is 49.3 Å². The molecular formula is C11H12I3NO2S. The van der Waals surface area contributed by atoms with E-state index >= 15 is 0 Å². The van der Waals surface area contributed by atoms with Crippen molar-refractivity contribution in [2.75, 3.05) is 17.7 Å². The molecule has 0 heterocycles. The molecule has 1 aromatic rings. The average molecular weight is 603 g/mol. The third-order valence-electron chi connectivity index (χ3n) is 2.03. The van der Waals surface area contributed by atoms with Crippen molar-refractivity contribution in [3.63, 3.8) is 0 Å². The number of rotatable bonds is 5. The SMILES string of the molecule is CC(CO)SCC(=O)Nc1c(I)cc(I)cc1I. The lowest BCUT2D eigenvalue weighted by molar-refractivity contribution is -0.113. The summed E-state index contributed by atoms with van der Waals surface area (Å²) in [5, 5.41) is 11.9. The first kappa shape index (κ1) is 17.2. The number of halogens is 3. The van der Waals surface area contributed by atoms with Gasteiger partial charge in [-0.05, 0) is 79.9 Å². The van der Waals surface area contributed by atoms with Crippen LogP contribution in [0.25, 0.3) is 0 Å². The maximum absolute atomic E-state index is 11.8. The highest BCUT2D eigenvalue weighted by Crippen LogP contribution is 2.27. The number of aliphatic hydroxyl groups excluding tert-OH is 1. The van der Waals surface area contributed by atoms with Crippen molar-refractivity contribution < 1.29 is 9.90 Å². The van der Waals surface area contributed by atoms with E-state index in [4.69, 9.17) is 5.11 Å². The Labute approximate surface area is 152 Å². The Morgan fingerprint density at radius 3 is 2.44 bits per heavy atom. The molecule has 0 aliphatic heterocycles. The van der Waals surface area contributed by atoms with Gasteiger partial charge in [0.25, 0.3) is 0 Å². The van der Waals surface area contributed by atoms with E-state index in [-0.39, 0.29) is 17.8 Å². The minimum atomic E-state index is -0.0302. The predicted octanol–water partition coefficient (Wildman–Crippen LogP) is 3.55. The Kier molecular flexibility index (Phi) is 8.11. The van der Waals surface area contributed by atoms with Crippen molar-refractivity contribution >= 4 is 91.1 Å². The van der Waals surface area contributed by atoms with Crippen LogP contribution in [-0.2, 0) is 4.79 Å². The van der Waals surface area contributed by atoms with Crippen molar-refractivity contribution in [3.05, 3.63) is 22.8 Å². The van der Waals surface area contributed by atoms with Gasteiger partial charge in [0.1, 0.15) is 0 Å². The zero-order valence-electron chi connectivity index (χ0n) is 9.54. The van der Waals surface area contributed by atoms with Crippen LogP contribution in [0.5, 0.6) is 0 Å². The largest absolute Gasteiger partial charge is 0.395 e. The van der Waals surface area contributed by atoms with Crippen LogP contribution in [0.3, 0.4) is 0 Å². The van der Waals surface area contributed by atoms with Gasteiger partial charge in [-0.1, -0.05) is 6.92 Å². The summed E-state index contributed by atoms with van der Waals surface area (Å²) in [5.41, 5.74) is 0.874. The number of hydrogen-bond donors (Lipinski definition) is 2. The molecule has 1 amide bonds. The van der Waals surface area contributed by atoms with Crippen LogP contribution in [0.1, 0.15) is 6.92 Å². The quantitative estimate of drug-likeness (QED) is 0.507. The van der Waals surface area contributed by atoms with Crippen molar-refractivity contribution in [2.24, 2.45) is 0 Å². The van der Waals surface area contributed by atoms with E-state index in [0.717, 1.165) is 16.4 Å². The lowest BCUT2D eigenvalue weighted by Crippen LogP contribution is -2.18. The van der Waals surface area contributed by atoms with Gasteiger partial charge in [0.05, 0.1) is 18.0 Å². The molecule has 18 heavy (non-hydrogen) atoms. The van der Waals surface area contributed by atoms with Gasteiger partial charge in [0.2, 0.25) is 5.91 Å². The molecule has 3 nitrogen and oxygen atoms in total. The molecule has 0 saturated heterocycles. The molecule has 0 aliphatic rings. The van der Waals surface area contributed by atoms with Crippen LogP contribution in [0.2, 0.25) is 0 Å². The number of carbonyl (C=O) groups excluding carboxylic acids is 1. The highest BCUT2D eigenvalue weighted by atomic mass is 127. The van der Waals surface area contributed by atoms with E-state index < -0.39 is 0 Å². The van der Waals surface area contributed by atoms with Crippen LogP contribution >= 0.6 is 79.5 Å². The molecule has 0 aromatic heterocycles. The summed E-state index contributed by atoms with van der Waals surface area (Å²) in [6, 6.07) is 4.06. The Bertz CT molecular complexity index is 419. The predicted molar refractivity (Wildman–Crippen MR) is 102 cm³/mol. The summed E-state index contributed by atoms with van der Waals surface area (Å²) < 4.78 is 3.23. The smallest absolute Gasteiger partial charge is 0.234 e. The molecule has 1 aromatic carbocycles. The molecule has 7 heteroatoms. The van der Waals surface area contributed by atoms with Crippen molar-refractivity contribution in [3.8, 4) is 0 Å². The van der Waals surface area contributed by atoms with E-state index in [9.17, 15) is 4.79 Å². The maximum Gasteiger partial charge on any atom is 0.234 e. The fraction of sp³-hybridized carbons (Fsp3) is 0.364. The summed E-state index contributed by atoms with van der Waals surface area (Å²) in [7, 11) is 0. The van der Waals surface area contributed by atoms with E-state index in [1.807, 2.05) is 19.1 Å². The summed E-state index contributed by atoms with van der Waals surface area (Å²) >= 11 is 8.15. The number of anilines is 1. The van der Waals surface area contributed by atoms with E-state index in [1.165, 1.54) is 11.8 Å². The lowest BCUT2D eigenvalue weighted by atomic mass is 10.3. The number of carbonyl (C=O) groups is 1. The Balaban J connectivity index is 2.65. The molecule has 1 atom stereocenters. The minimum absolute atomic E-state index is 0.0302. The average Bonchev–Trinajstić information content (AvgIpc) is 2.30. The zero-order chi connectivity index (χ0) is 13.7. The van der Waals surface area contributed by atoms with Crippen LogP contribution < -0.4 is 5.32 Å². The van der Waals surface area contributed by atoms with Gasteiger partial charge in [-0.25, -0.2) is 0 Å². The second-order valence-electron chi connectivity index (χ2n) is 3.60. The molecule has 0 bridgehead atoms. The molecule has 0 aliphatic carbocycles. The maximum atomic E-state index is 11.8. The van der Waals surface area contributed by atoms with E-state index in [2.05, 4.69) is 73.1 Å². The van der Waals surface area contributed by atoms with Crippen LogP contribution in [0.4, 0.5) is 5.69 Å². The lowest BCUT2D eigenvalue weighted by Gasteiger charge is -2.11. The normalized spacial score (nSPS) is 12.3. The first-order valence-electron chi connectivity index (χ1n) is 5.11. The van der Waals surface area contributed by atoms with Crippen molar-refractivity contribution in [2.45, 2.75) is 12.2 Å². The number of nitrogens with one attached hydrogen (secondary N) is 1. The minimum Gasteiger partial charge on any atom is -0.395 e. The Morgan fingerprint density at radius 2 is 1.94 bits per heavy atom. The second-order valence-corrected chi connectivity index (χ2v) is 8.59. The van der Waals surface area contributed by atoms with Gasteiger partial charge >= 0.3 is 0 Å². The van der Waals surface area contributed by atoms with E-state index in [1.54, 1.807) is 0 Å². The first-order chi connectivity index (χ1) is 8.43. The fourth-order valence-corrected chi connectivity index (χ4v) is 5.57. The van der Waals surface area contributed by atoms with Crippen molar-refractivity contribution in [1.82, 2.24) is 0 Å². The molecule has 1 unspecified atom stereocenters. The van der Waals surface area contributed by atoms with Gasteiger partial charge in [-0.15, -0.1) is 11.8 Å². The summed E-state index contributed by atoms with van der Waals surface area (Å²) in [4.78, 5) is 11.8.